The van der Waals surface area contributed by atoms with Gasteiger partial charge < -0.3 is 9.47 Å². The summed E-state index contributed by atoms with van der Waals surface area (Å²) in [5.41, 5.74) is 1.52. The minimum Gasteiger partial charge on any atom is -0.449 e. The van der Waals surface area contributed by atoms with Gasteiger partial charge in [-0.25, -0.2) is 9.36 Å². The third-order valence-corrected chi connectivity index (χ3v) is 3.12. The molecule has 112 valence electrons. The van der Waals surface area contributed by atoms with E-state index in [4.69, 9.17) is 9.47 Å². The Balaban J connectivity index is 2.30. The number of carbonyl (C=O) groups excluding carboxylic acids is 2. The van der Waals surface area contributed by atoms with Crippen LogP contribution in [0, 0.1) is 6.92 Å². The maximum atomic E-state index is 12.1. The van der Waals surface area contributed by atoms with Crippen LogP contribution in [-0.2, 0) is 9.53 Å². The summed E-state index contributed by atoms with van der Waals surface area (Å²) in [6, 6.07) is 7.02. The zero-order valence-electron chi connectivity index (χ0n) is 12.5. The van der Waals surface area contributed by atoms with Crippen molar-refractivity contribution in [2.45, 2.75) is 33.6 Å². The predicted molar refractivity (Wildman–Crippen MR) is 79.6 cm³/mol. The van der Waals surface area contributed by atoms with Crippen molar-refractivity contribution in [3.8, 4) is 5.75 Å². The number of unbranched alkanes of at least 4 members (excludes halogenated alkanes) is 1. The Bertz CT molecular complexity index is 672. The van der Waals surface area contributed by atoms with Gasteiger partial charge in [0.05, 0.1) is 12.1 Å². The minimum atomic E-state index is -0.379. The summed E-state index contributed by atoms with van der Waals surface area (Å²) >= 11 is 0. The van der Waals surface area contributed by atoms with Crippen LogP contribution in [0.15, 0.2) is 24.3 Å². The average Bonchev–Trinajstić information content (AvgIpc) is 2.73. The standard InChI is InChI=1S/C16H19NO4/c1-4-5-8-20-16(19)17-11(2)9-13-10-14(21-12(3)18)6-7-15(13)17/h6-7,9-10H,4-5,8H2,1-3H3. The van der Waals surface area contributed by atoms with Crippen LogP contribution in [0.3, 0.4) is 0 Å². The summed E-state index contributed by atoms with van der Waals surface area (Å²) in [5, 5.41) is 0.832. The van der Waals surface area contributed by atoms with E-state index in [-0.39, 0.29) is 12.1 Å². The highest BCUT2D eigenvalue weighted by atomic mass is 16.5. The van der Waals surface area contributed by atoms with Gasteiger partial charge in [0.1, 0.15) is 5.75 Å². The summed E-state index contributed by atoms with van der Waals surface area (Å²) in [6.45, 7) is 5.65. The highest BCUT2D eigenvalue weighted by Crippen LogP contribution is 2.25. The van der Waals surface area contributed by atoms with Gasteiger partial charge in [-0.15, -0.1) is 0 Å². The number of fused-ring (bicyclic) bond motifs is 1. The average molecular weight is 289 g/mol. The molecule has 0 aliphatic rings. The molecule has 0 spiro atoms. The van der Waals surface area contributed by atoms with E-state index in [1.54, 1.807) is 18.2 Å². The molecule has 0 saturated heterocycles. The van der Waals surface area contributed by atoms with Crippen LogP contribution in [-0.4, -0.2) is 23.2 Å². The van der Waals surface area contributed by atoms with Crippen molar-refractivity contribution in [2.24, 2.45) is 0 Å². The molecule has 5 heteroatoms. The van der Waals surface area contributed by atoms with E-state index in [2.05, 4.69) is 0 Å². The third-order valence-electron chi connectivity index (χ3n) is 3.12. The molecule has 0 radical (unpaired) electrons. The van der Waals surface area contributed by atoms with Crippen molar-refractivity contribution >= 4 is 23.0 Å². The van der Waals surface area contributed by atoms with Gasteiger partial charge in [0, 0.05) is 18.0 Å². The lowest BCUT2D eigenvalue weighted by Crippen LogP contribution is -2.15. The Morgan fingerprint density at radius 1 is 1.24 bits per heavy atom. The molecule has 0 saturated carbocycles. The van der Waals surface area contributed by atoms with Gasteiger partial charge in [0.15, 0.2) is 0 Å². The molecule has 0 bridgehead atoms. The van der Waals surface area contributed by atoms with Crippen molar-refractivity contribution in [1.29, 1.82) is 0 Å². The Hall–Kier alpha value is -2.30. The first-order valence-electron chi connectivity index (χ1n) is 7.00. The second kappa shape index (κ2) is 6.43. The van der Waals surface area contributed by atoms with E-state index < -0.39 is 0 Å². The number of benzene rings is 1. The lowest BCUT2D eigenvalue weighted by Gasteiger charge is -2.08. The topological polar surface area (TPSA) is 57.5 Å². The number of aryl methyl sites for hydroxylation is 1. The molecule has 2 aromatic rings. The monoisotopic (exact) mass is 289 g/mol. The summed E-state index contributed by atoms with van der Waals surface area (Å²) in [6.07, 6.45) is 1.45. The van der Waals surface area contributed by atoms with Crippen LogP contribution in [0.4, 0.5) is 4.79 Å². The summed E-state index contributed by atoms with van der Waals surface area (Å²) in [4.78, 5) is 23.1. The fourth-order valence-electron chi connectivity index (χ4n) is 2.17. The van der Waals surface area contributed by atoms with E-state index in [0.717, 1.165) is 29.4 Å². The number of ether oxygens (including phenoxy) is 2. The van der Waals surface area contributed by atoms with Gasteiger partial charge in [0.25, 0.3) is 0 Å². The first-order valence-corrected chi connectivity index (χ1v) is 7.00. The van der Waals surface area contributed by atoms with E-state index >= 15 is 0 Å². The van der Waals surface area contributed by atoms with Gasteiger partial charge in [-0.2, -0.15) is 0 Å². The van der Waals surface area contributed by atoms with Crippen LogP contribution in [0.1, 0.15) is 32.4 Å². The molecule has 0 aliphatic heterocycles. The maximum absolute atomic E-state index is 12.1. The molecule has 1 heterocycles. The first kappa shape index (κ1) is 15.1. The highest BCUT2D eigenvalue weighted by Gasteiger charge is 2.14. The molecule has 1 aromatic carbocycles. The molecular formula is C16H19NO4. The van der Waals surface area contributed by atoms with E-state index in [1.807, 2.05) is 19.9 Å². The Kier molecular flexibility index (Phi) is 4.62. The Labute approximate surface area is 123 Å². The molecule has 0 amide bonds. The van der Waals surface area contributed by atoms with Crippen molar-refractivity contribution in [1.82, 2.24) is 4.57 Å². The molecule has 5 nitrogen and oxygen atoms in total. The number of nitrogens with zero attached hydrogens (tertiary/aromatic N) is 1. The number of carbonyl (C=O) groups is 2. The van der Waals surface area contributed by atoms with Gasteiger partial charge >= 0.3 is 12.1 Å². The zero-order chi connectivity index (χ0) is 15.4. The highest BCUT2D eigenvalue weighted by molar-refractivity contribution is 5.91. The summed E-state index contributed by atoms with van der Waals surface area (Å²) in [7, 11) is 0. The largest absolute Gasteiger partial charge is 0.449 e. The maximum Gasteiger partial charge on any atom is 0.418 e. The van der Waals surface area contributed by atoms with Crippen molar-refractivity contribution in [2.75, 3.05) is 6.61 Å². The van der Waals surface area contributed by atoms with Crippen molar-refractivity contribution in [3.05, 3.63) is 30.0 Å². The quantitative estimate of drug-likeness (QED) is 0.489. The number of hydrogen-bond donors (Lipinski definition) is 0. The number of rotatable bonds is 4. The van der Waals surface area contributed by atoms with Crippen LogP contribution in [0.25, 0.3) is 10.9 Å². The molecular weight excluding hydrogens is 270 g/mol. The van der Waals surface area contributed by atoms with Crippen LogP contribution in [0.2, 0.25) is 0 Å². The van der Waals surface area contributed by atoms with Crippen molar-refractivity contribution in [3.63, 3.8) is 0 Å². The zero-order valence-corrected chi connectivity index (χ0v) is 12.5. The van der Waals surface area contributed by atoms with Crippen LogP contribution in [0.5, 0.6) is 5.75 Å². The number of aromatic nitrogens is 1. The second-order valence-corrected chi connectivity index (χ2v) is 4.90. The fourth-order valence-corrected chi connectivity index (χ4v) is 2.17. The van der Waals surface area contributed by atoms with Crippen LogP contribution >= 0.6 is 0 Å². The second-order valence-electron chi connectivity index (χ2n) is 4.90. The fraction of sp³-hybridized carbons (Fsp3) is 0.375. The number of esters is 1. The van der Waals surface area contributed by atoms with E-state index in [9.17, 15) is 9.59 Å². The smallest absolute Gasteiger partial charge is 0.418 e. The lowest BCUT2D eigenvalue weighted by molar-refractivity contribution is -0.131. The van der Waals surface area contributed by atoms with E-state index in [0.29, 0.717) is 12.4 Å². The molecule has 0 N–H and O–H groups in total. The molecule has 0 aliphatic carbocycles. The Morgan fingerprint density at radius 3 is 2.67 bits per heavy atom. The van der Waals surface area contributed by atoms with Gasteiger partial charge in [-0.05, 0) is 37.6 Å². The molecule has 1 aromatic heterocycles. The van der Waals surface area contributed by atoms with Gasteiger partial charge in [-0.3, -0.25) is 4.79 Å². The predicted octanol–water partition coefficient (Wildman–Crippen LogP) is 3.66. The first-order chi connectivity index (χ1) is 10.0. The van der Waals surface area contributed by atoms with Crippen LogP contribution < -0.4 is 4.74 Å². The summed E-state index contributed by atoms with van der Waals surface area (Å²) < 4.78 is 11.8. The summed E-state index contributed by atoms with van der Waals surface area (Å²) in [5.74, 6) is 0.0935. The normalized spacial score (nSPS) is 10.6. The molecule has 0 atom stereocenters. The third kappa shape index (κ3) is 3.42. The van der Waals surface area contributed by atoms with Gasteiger partial charge in [-0.1, -0.05) is 13.3 Å². The van der Waals surface area contributed by atoms with E-state index in [1.165, 1.54) is 11.5 Å². The lowest BCUT2D eigenvalue weighted by atomic mass is 10.2. The Morgan fingerprint density at radius 2 is 2.00 bits per heavy atom. The minimum absolute atomic E-state index is 0.371. The number of hydrogen-bond acceptors (Lipinski definition) is 4. The molecule has 0 fully saturated rings. The molecule has 21 heavy (non-hydrogen) atoms. The SMILES string of the molecule is CCCCOC(=O)n1c(C)cc2cc(OC(C)=O)ccc21. The molecule has 0 unspecified atom stereocenters. The van der Waals surface area contributed by atoms with Crippen molar-refractivity contribution < 1.29 is 19.1 Å². The van der Waals surface area contributed by atoms with Gasteiger partial charge in [0.2, 0.25) is 0 Å². The molecule has 2 rings (SSSR count).